The number of benzene rings is 1. The molecule has 0 fully saturated rings. The van der Waals surface area contributed by atoms with Gasteiger partial charge in [-0.25, -0.2) is 8.78 Å². The number of fused-ring (bicyclic) bond motifs is 1. The summed E-state index contributed by atoms with van der Waals surface area (Å²) in [5.41, 5.74) is 0.804. The number of halogens is 2. The van der Waals surface area contributed by atoms with E-state index in [4.69, 9.17) is 6.42 Å². The van der Waals surface area contributed by atoms with Crippen LogP contribution >= 0.6 is 0 Å². The number of pyridine rings is 1. The minimum atomic E-state index is -0.962. The third-order valence-electron chi connectivity index (χ3n) is 2.54. The minimum absolute atomic E-state index is 0.0192. The van der Waals surface area contributed by atoms with Crippen LogP contribution < -0.4 is 0 Å². The molecule has 1 heterocycles. The van der Waals surface area contributed by atoms with Gasteiger partial charge in [-0.2, -0.15) is 0 Å². The van der Waals surface area contributed by atoms with Gasteiger partial charge >= 0.3 is 0 Å². The van der Waals surface area contributed by atoms with E-state index in [9.17, 15) is 8.78 Å². The second kappa shape index (κ2) is 6.11. The summed E-state index contributed by atoms with van der Waals surface area (Å²) < 4.78 is 26.7. The molecule has 0 bridgehead atoms. The van der Waals surface area contributed by atoms with Crippen LogP contribution in [0.3, 0.4) is 0 Å². The van der Waals surface area contributed by atoms with Crippen molar-refractivity contribution in [2.75, 3.05) is 0 Å². The summed E-state index contributed by atoms with van der Waals surface area (Å²) in [6, 6.07) is 1.12. The Bertz CT molecular complexity index is 597. The molecule has 18 heavy (non-hydrogen) atoms. The molecule has 0 aliphatic carbocycles. The van der Waals surface area contributed by atoms with E-state index in [1.54, 1.807) is 6.20 Å². The molecule has 2 rings (SSSR count). The maximum absolute atomic E-state index is 13.5. The number of aryl methyl sites for hydroxylation is 1. The van der Waals surface area contributed by atoms with E-state index in [1.807, 2.05) is 20.8 Å². The van der Waals surface area contributed by atoms with Crippen LogP contribution in [0.25, 0.3) is 10.8 Å². The minimum Gasteiger partial charge on any atom is -0.264 e. The molecule has 0 saturated heterocycles. The molecule has 0 amide bonds. The van der Waals surface area contributed by atoms with Crippen LogP contribution in [0, 0.1) is 24.0 Å². The third kappa shape index (κ3) is 2.33. The van der Waals surface area contributed by atoms with Gasteiger partial charge in [0.15, 0.2) is 11.6 Å². The van der Waals surface area contributed by atoms with E-state index in [0.717, 1.165) is 11.6 Å². The van der Waals surface area contributed by atoms with Gasteiger partial charge < -0.3 is 0 Å². The molecular weight excluding hydrogens is 232 g/mol. The highest BCUT2D eigenvalue weighted by molar-refractivity contribution is 5.90. The second-order valence-corrected chi connectivity index (χ2v) is 3.44. The van der Waals surface area contributed by atoms with Crippen LogP contribution in [-0.2, 0) is 6.42 Å². The molecule has 2 aromatic rings. The quantitative estimate of drug-likeness (QED) is 0.692. The Morgan fingerprint density at radius 2 is 1.94 bits per heavy atom. The highest BCUT2D eigenvalue weighted by atomic mass is 19.2. The predicted octanol–water partition coefficient (Wildman–Crippen LogP) is 4.08. The molecule has 94 valence electrons. The van der Waals surface area contributed by atoms with E-state index >= 15 is 0 Å². The average molecular weight is 247 g/mol. The third-order valence-corrected chi connectivity index (χ3v) is 2.54. The number of hydrogen-bond donors (Lipinski definition) is 0. The maximum Gasteiger partial charge on any atom is 0.175 e. The van der Waals surface area contributed by atoms with Crippen molar-refractivity contribution in [1.29, 1.82) is 0 Å². The van der Waals surface area contributed by atoms with Crippen molar-refractivity contribution in [3.63, 3.8) is 0 Å². The SMILES string of the molecule is C#Cc1c(F)c(F)cc2cncc(CC)c12.CC. The van der Waals surface area contributed by atoms with Gasteiger partial charge in [-0.05, 0) is 18.1 Å². The van der Waals surface area contributed by atoms with Crippen LogP contribution in [0.5, 0.6) is 0 Å². The van der Waals surface area contributed by atoms with Crippen LogP contribution in [0.15, 0.2) is 18.5 Å². The number of hydrogen-bond acceptors (Lipinski definition) is 1. The Labute approximate surface area is 106 Å². The van der Waals surface area contributed by atoms with E-state index in [-0.39, 0.29) is 5.56 Å². The summed E-state index contributed by atoms with van der Waals surface area (Å²) in [7, 11) is 0. The van der Waals surface area contributed by atoms with Gasteiger partial charge in [-0.15, -0.1) is 6.42 Å². The smallest absolute Gasteiger partial charge is 0.175 e. The summed E-state index contributed by atoms with van der Waals surface area (Å²) >= 11 is 0. The van der Waals surface area contributed by atoms with Gasteiger partial charge in [-0.3, -0.25) is 4.98 Å². The fourth-order valence-electron chi connectivity index (χ4n) is 1.77. The molecule has 0 unspecified atom stereocenters. The number of terminal acetylenes is 1. The predicted molar refractivity (Wildman–Crippen MR) is 70.3 cm³/mol. The van der Waals surface area contributed by atoms with Crippen LogP contribution in [0.4, 0.5) is 8.78 Å². The summed E-state index contributed by atoms with van der Waals surface area (Å²) in [6.45, 7) is 5.91. The topological polar surface area (TPSA) is 12.9 Å². The van der Waals surface area contributed by atoms with Crippen molar-refractivity contribution in [3.05, 3.63) is 41.2 Å². The Hall–Kier alpha value is -1.95. The van der Waals surface area contributed by atoms with Crippen molar-refractivity contribution in [2.45, 2.75) is 27.2 Å². The molecular formula is C15H15F2N. The lowest BCUT2D eigenvalue weighted by molar-refractivity contribution is 0.509. The molecule has 1 nitrogen and oxygen atoms in total. The summed E-state index contributed by atoms with van der Waals surface area (Å²) in [5.74, 6) is 0.314. The van der Waals surface area contributed by atoms with Crippen LogP contribution in [-0.4, -0.2) is 4.98 Å². The van der Waals surface area contributed by atoms with Crippen molar-refractivity contribution in [3.8, 4) is 12.3 Å². The zero-order chi connectivity index (χ0) is 13.7. The lowest BCUT2D eigenvalue weighted by Crippen LogP contribution is -1.96. The van der Waals surface area contributed by atoms with Crippen molar-refractivity contribution in [2.24, 2.45) is 0 Å². The fraction of sp³-hybridized carbons (Fsp3) is 0.267. The van der Waals surface area contributed by atoms with E-state index in [0.29, 0.717) is 17.2 Å². The van der Waals surface area contributed by atoms with Gasteiger partial charge in [0.25, 0.3) is 0 Å². The molecule has 1 aromatic carbocycles. The van der Waals surface area contributed by atoms with E-state index in [2.05, 4.69) is 10.9 Å². The fourth-order valence-corrected chi connectivity index (χ4v) is 1.77. The molecule has 0 radical (unpaired) electrons. The van der Waals surface area contributed by atoms with Gasteiger partial charge in [0, 0.05) is 23.2 Å². The normalized spacial score (nSPS) is 9.56. The van der Waals surface area contributed by atoms with Gasteiger partial charge in [0.05, 0.1) is 5.56 Å². The first-order chi connectivity index (χ1) is 8.69. The number of aromatic nitrogens is 1. The zero-order valence-corrected chi connectivity index (χ0v) is 10.7. The molecule has 0 aliphatic rings. The van der Waals surface area contributed by atoms with Crippen molar-refractivity contribution < 1.29 is 8.78 Å². The van der Waals surface area contributed by atoms with Gasteiger partial charge in [0.2, 0.25) is 0 Å². The van der Waals surface area contributed by atoms with Gasteiger partial charge in [0.1, 0.15) is 0 Å². The first-order valence-corrected chi connectivity index (χ1v) is 5.90. The van der Waals surface area contributed by atoms with Crippen molar-refractivity contribution in [1.82, 2.24) is 4.98 Å². The molecule has 0 aliphatic heterocycles. The molecule has 0 spiro atoms. The Morgan fingerprint density at radius 1 is 1.28 bits per heavy atom. The average Bonchev–Trinajstić information content (AvgIpc) is 2.42. The molecule has 3 heteroatoms. The van der Waals surface area contributed by atoms with E-state index in [1.165, 1.54) is 6.20 Å². The zero-order valence-electron chi connectivity index (χ0n) is 10.7. The molecule has 0 atom stereocenters. The van der Waals surface area contributed by atoms with Gasteiger partial charge in [-0.1, -0.05) is 26.7 Å². The lowest BCUT2D eigenvalue weighted by Gasteiger charge is -2.07. The summed E-state index contributed by atoms with van der Waals surface area (Å²) in [4.78, 5) is 3.97. The Balaban J connectivity index is 0.000000771. The van der Waals surface area contributed by atoms with E-state index < -0.39 is 11.6 Å². The van der Waals surface area contributed by atoms with Crippen LogP contribution in [0.1, 0.15) is 31.9 Å². The summed E-state index contributed by atoms with van der Waals surface area (Å²) in [5, 5.41) is 1.12. The maximum atomic E-state index is 13.5. The molecule has 1 aromatic heterocycles. The first-order valence-electron chi connectivity index (χ1n) is 5.90. The first kappa shape index (κ1) is 14.1. The van der Waals surface area contributed by atoms with Crippen molar-refractivity contribution >= 4 is 10.8 Å². The largest absolute Gasteiger partial charge is 0.264 e. The summed E-state index contributed by atoms with van der Waals surface area (Å²) in [6.07, 6.45) is 9.01. The number of nitrogens with zero attached hydrogens (tertiary/aromatic N) is 1. The highest BCUT2D eigenvalue weighted by Crippen LogP contribution is 2.26. The lowest BCUT2D eigenvalue weighted by atomic mass is 10.00. The Morgan fingerprint density at radius 3 is 2.50 bits per heavy atom. The monoisotopic (exact) mass is 247 g/mol. The standard InChI is InChI=1S/C13H9F2N.C2H6/c1-3-8-6-16-7-9-5-11(14)13(15)10(4-2)12(8)9;1-2/h2,5-7H,3H2,1H3;1-2H3. The number of rotatable bonds is 1. The molecule has 0 N–H and O–H groups in total. The second-order valence-electron chi connectivity index (χ2n) is 3.44. The Kier molecular flexibility index (Phi) is 4.79. The molecule has 0 saturated carbocycles. The van der Waals surface area contributed by atoms with Crippen LogP contribution in [0.2, 0.25) is 0 Å². The highest BCUT2D eigenvalue weighted by Gasteiger charge is 2.14.